The minimum Gasteiger partial charge on any atom is -0.487 e. The molecule has 0 unspecified atom stereocenters. The minimum absolute atomic E-state index is 0.0200. The molecular weight excluding hydrogens is 471 g/mol. The molecule has 0 saturated heterocycles. The summed E-state index contributed by atoms with van der Waals surface area (Å²) in [5.41, 5.74) is 0.160. The summed E-state index contributed by atoms with van der Waals surface area (Å²) >= 11 is 0. The van der Waals surface area contributed by atoms with Gasteiger partial charge in [0.15, 0.2) is 0 Å². The van der Waals surface area contributed by atoms with Crippen LogP contribution in [0.15, 0.2) is 83.8 Å². The third kappa shape index (κ3) is 5.96. The zero-order valence-corrected chi connectivity index (χ0v) is 18.7. The van der Waals surface area contributed by atoms with Gasteiger partial charge >= 0.3 is 12.1 Å². The summed E-state index contributed by atoms with van der Waals surface area (Å²) in [6.07, 6.45) is -2.28. The largest absolute Gasteiger partial charge is 0.487 e. The molecule has 0 aliphatic carbocycles. The van der Waals surface area contributed by atoms with Crippen LogP contribution in [0.5, 0.6) is 5.75 Å². The van der Waals surface area contributed by atoms with Gasteiger partial charge in [0.1, 0.15) is 12.4 Å². The van der Waals surface area contributed by atoms with Gasteiger partial charge in [-0.25, -0.2) is 13.2 Å². The number of benzene rings is 3. The quantitative estimate of drug-likeness (QED) is 0.438. The van der Waals surface area contributed by atoms with Crippen molar-refractivity contribution in [3.8, 4) is 5.75 Å². The maximum absolute atomic E-state index is 13.3. The lowest BCUT2D eigenvalue weighted by molar-refractivity contribution is -0.137. The molecule has 6 nitrogen and oxygen atoms in total. The van der Waals surface area contributed by atoms with E-state index in [0.717, 1.165) is 28.6 Å². The first kappa shape index (κ1) is 24.8. The van der Waals surface area contributed by atoms with Crippen LogP contribution < -0.4 is 9.04 Å². The first-order chi connectivity index (χ1) is 16.0. The first-order valence-corrected chi connectivity index (χ1v) is 11.3. The van der Waals surface area contributed by atoms with Gasteiger partial charge in [0.25, 0.3) is 10.0 Å². The molecule has 0 amide bonds. The van der Waals surface area contributed by atoms with Gasteiger partial charge in [0.05, 0.1) is 16.1 Å². The van der Waals surface area contributed by atoms with E-state index in [2.05, 4.69) is 0 Å². The molecule has 3 rings (SSSR count). The second-order valence-electron chi connectivity index (χ2n) is 7.17. The summed E-state index contributed by atoms with van der Waals surface area (Å²) in [6, 6.07) is 16.6. The highest BCUT2D eigenvalue weighted by molar-refractivity contribution is 7.92. The zero-order chi connectivity index (χ0) is 24.9. The topological polar surface area (TPSA) is 83.9 Å². The Kier molecular flexibility index (Phi) is 7.31. The van der Waals surface area contributed by atoms with Crippen molar-refractivity contribution in [3.63, 3.8) is 0 Å². The number of halogens is 3. The van der Waals surface area contributed by atoms with E-state index in [-0.39, 0.29) is 22.9 Å². The summed E-state index contributed by atoms with van der Waals surface area (Å²) in [4.78, 5) is 10.6. The van der Waals surface area contributed by atoms with Crippen LogP contribution in [0.3, 0.4) is 0 Å². The van der Waals surface area contributed by atoms with E-state index in [1.165, 1.54) is 25.3 Å². The molecule has 0 aliphatic heterocycles. The van der Waals surface area contributed by atoms with Crippen LogP contribution >= 0.6 is 0 Å². The van der Waals surface area contributed by atoms with Crippen LogP contribution in [0, 0.1) is 0 Å². The van der Waals surface area contributed by atoms with Crippen molar-refractivity contribution in [2.24, 2.45) is 0 Å². The molecule has 0 aromatic heterocycles. The number of hydrogen-bond donors (Lipinski definition) is 1. The summed E-state index contributed by atoms with van der Waals surface area (Å²) in [7, 11) is -2.81. The predicted octanol–water partition coefficient (Wildman–Crippen LogP) is 5.21. The third-order valence-corrected chi connectivity index (χ3v) is 6.61. The molecule has 0 fully saturated rings. The second kappa shape index (κ2) is 10.0. The van der Waals surface area contributed by atoms with E-state index in [0.29, 0.717) is 11.1 Å². The Hall–Kier alpha value is -3.79. The number of hydrogen-bond acceptors (Lipinski definition) is 4. The molecule has 1 N–H and O–H groups in total. The lowest BCUT2D eigenvalue weighted by Crippen LogP contribution is -2.27. The van der Waals surface area contributed by atoms with Crippen molar-refractivity contribution in [1.29, 1.82) is 0 Å². The predicted molar refractivity (Wildman–Crippen MR) is 121 cm³/mol. The maximum atomic E-state index is 13.3. The van der Waals surface area contributed by atoms with Gasteiger partial charge in [-0.2, -0.15) is 13.2 Å². The van der Waals surface area contributed by atoms with Crippen molar-refractivity contribution >= 4 is 27.8 Å². The highest BCUT2D eigenvalue weighted by atomic mass is 32.2. The molecule has 34 heavy (non-hydrogen) atoms. The van der Waals surface area contributed by atoms with Gasteiger partial charge < -0.3 is 9.84 Å². The van der Waals surface area contributed by atoms with E-state index in [1.54, 1.807) is 42.5 Å². The molecule has 0 saturated carbocycles. The number of ether oxygens (including phenoxy) is 1. The Morgan fingerprint density at radius 1 is 1.03 bits per heavy atom. The van der Waals surface area contributed by atoms with Crippen LogP contribution in [0.4, 0.5) is 18.9 Å². The minimum atomic E-state index is -4.65. The second-order valence-corrected chi connectivity index (χ2v) is 9.14. The van der Waals surface area contributed by atoms with Gasteiger partial charge in [-0.05, 0) is 47.5 Å². The fourth-order valence-electron chi connectivity index (χ4n) is 3.00. The molecule has 10 heteroatoms. The smallest absolute Gasteiger partial charge is 0.416 e. The van der Waals surface area contributed by atoms with E-state index < -0.39 is 27.7 Å². The van der Waals surface area contributed by atoms with Crippen molar-refractivity contribution in [3.05, 3.63) is 95.6 Å². The summed E-state index contributed by atoms with van der Waals surface area (Å²) in [6.45, 7) is -0.142. The molecular formula is C24H20F3NO5S. The van der Waals surface area contributed by atoms with Crippen LogP contribution in [-0.2, 0) is 27.6 Å². The monoisotopic (exact) mass is 491 g/mol. The number of nitrogens with zero attached hydrogens (tertiary/aromatic N) is 1. The molecule has 0 spiro atoms. The maximum Gasteiger partial charge on any atom is 0.416 e. The Labute approximate surface area is 194 Å². The van der Waals surface area contributed by atoms with Gasteiger partial charge in [-0.1, -0.05) is 42.5 Å². The Morgan fingerprint density at radius 2 is 1.68 bits per heavy atom. The van der Waals surface area contributed by atoms with Crippen LogP contribution in [0.25, 0.3) is 6.08 Å². The Bertz CT molecular complexity index is 1290. The molecule has 0 heterocycles. The zero-order valence-electron chi connectivity index (χ0n) is 17.9. The van der Waals surface area contributed by atoms with Crippen molar-refractivity contribution in [1.82, 2.24) is 0 Å². The Balaban J connectivity index is 1.91. The summed E-state index contributed by atoms with van der Waals surface area (Å²) < 4.78 is 72.4. The lowest BCUT2D eigenvalue weighted by Gasteiger charge is -2.23. The SMILES string of the molecule is CN(c1ccc(C(F)(F)F)cc1OCc1ccc(C=CC(=O)O)cc1)S(=O)(=O)c1ccccc1. The van der Waals surface area contributed by atoms with Crippen molar-refractivity contribution in [2.45, 2.75) is 17.7 Å². The van der Waals surface area contributed by atoms with Crippen LogP contribution in [-0.4, -0.2) is 26.5 Å². The van der Waals surface area contributed by atoms with E-state index in [4.69, 9.17) is 9.84 Å². The number of rotatable bonds is 8. The Morgan fingerprint density at radius 3 is 2.26 bits per heavy atom. The van der Waals surface area contributed by atoms with Crippen molar-refractivity contribution < 1.29 is 36.2 Å². The van der Waals surface area contributed by atoms with Crippen molar-refractivity contribution in [2.75, 3.05) is 11.4 Å². The molecule has 0 radical (unpaired) electrons. The molecule has 0 atom stereocenters. The average Bonchev–Trinajstić information content (AvgIpc) is 2.81. The normalized spacial score (nSPS) is 12.0. The highest BCUT2D eigenvalue weighted by Gasteiger charge is 2.33. The molecule has 3 aromatic rings. The van der Waals surface area contributed by atoms with Gasteiger partial charge in [0, 0.05) is 13.1 Å². The average molecular weight is 491 g/mol. The summed E-state index contributed by atoms with van der Waals surface area (Å²) in [5, 5.41) is 8.69. The first-order valence-electron chi connectivity index (χ1n) is 9.86. The molecule has 178 valence electrons. The van der Waals surface area contributed by atoms with E-state index >= 15 is 0 Å². The number of carboxylic acid groups (broad SMARTS) is 1. The lowest BCUT2D eigenvalue weighted by atomic mass is 10.1. The number of anilines is 1. The van der Waals surface area contributed by atoms with E-state index in [9.17, 15) is 26.4 Å². The molecule has 3 aromatic carbocycles. The van der Waals surface area contributed by atoms with Crippen LogP contribution in [0.2, 0.25) is 0 Å². The highest BCUT2D eigenvalue weighted by Crippen LogP contribution is 2.38. The van der Waals surface area contributed by atoms with Gasteiger partial charge in [-0.15, -0.1) is 0 Å². The third-order valence-electron chi connectivity index (χ3n) is 4.82. The van der Waals surface area contributed by atoms with Gasteiger partial charge in [0.2, 0.25) is 0 Å². The molecule has 0 aliphatic rings. The number of alkyl halides is 3. The van der Waals surface area contributed by atoms with Crippen LogP contribution in [0.1, 0.15) is 16.7 Å². The fourth-order valence-corrected chi connectivity index (χ4v) is 4.23. The number of carboxylic acids is 1. The number of sulfonamides is 1. The molecule has 0 bridgehead atoms. The fraction of sp³-hybridized carbons (Fsp3) is 0.125. The van der Waals surface area contributed by atoms with Gasteiger partial charge in [-0.3, -0.25) is 4.31 Å². The van der Waals surface area contributed by atoms with E-state index in [1.807, 2.05) is 0 Å². The number of carbonyl (C=O) groups is 1. The summed E-state index contributed by atoms with van der Waals surface area (Å²) in [5.74, 6) is -1.36. The standard InChI is InChI=1S/C24H20F3NO5S/c1-28(34(31,32)20-5-3-2-4-6-20)21-13-12-19(24(25,26)27)15-22(21)33-16-18-9-7-17(8-10-18)11-14-23(29)30/h2-15H,16H2,1H3,(H,29,30). The number of aliphatic carboxylic acids is 1.